The molecule has 1 heterocycles. The van der Waals surface area contributed by atoms with Crippen molar-refractivity contribution in [2.75, 3.05) is 6.26 Å². The Bertz CT molecular complexity index is 460. The molecule has 1 aromatic rings. The minimum absolute atomic E-state index is 0.0466. The average Bonchev–Trinajstić information content (AvgIpc) is 2.75. The highest BCUT2D eigenvalue weighted by Crippen LogP contribution is 2.32. The monoisotopic (exact) mass is 259 g/mol. The minimum Gasteiger partial charge on any atom is -0.361 e. The molecule has 0 spiro atoms. The smallest absolute Gasteiger partial charge is 0.264 e. The second-order valence-corrected chi connectivity index (χ2v) is 6.17. The summed E-state index contributed by atoms with van der Waals surface area (Å²) in [4.78, 5) is 0. The summed E-state index contributed by atoms with van der Waals surface area (Å²) >= 11 is 0. The van der Waals surface area contributed by atoms with Crippen molar-refractivity contribution < 1.29 is 17.1 Å². The summed E-state index contributed by atoms with van der Waals surface area (Å²) in [5.41, 5.74) is 0.538. The maximum Gasteiger partial charge on any atom is 0.264 e. The molecule has 0 atom stereocenters. The Balaban J connectivity index is 1.95. The van der Waals surface area contributed by atoms with Crippen molar-refractivity contribution in [2.45, 2.75) is 44.6 Å². The van der Waals surface area contributed by atoms with E-state index >= 15 is 0 Å². The van der Waals surface area contributed by atoms with E-state index < -0.39 is 10.1 Å². The Kier molecular flexibility index (Phi) is 3.83. The number of hydrogen-bond donors (Lipinski definition) is 0. The summed E-state index contributed by atoms with van der Waals surface area (Å²) < 4.78 is 31.6. The van der Waals surface area contributed by atoms with Crippen LogP contribution in [0.2, 0.25) is 0 Å². The molecule has 1 saturated carbocycles. The van der Waals surface area contributed by atoms with Gasteiger partial charge in [0.15, 0.2) is 0 Å². The van der Waals surface area contributed by atoms with E-state index in [-0.39, 0.29) is 6.61 Å². The molecule has 17 heavy (non-hydrogen) atoms. The summed E-state index contributed by atoms with van der Waals surface area (Å²) in [5, 5.41) is 3.83. The predicted molar refractivity (Wildman–Crippen MR) is 62.0 cm³/mol. The van der Waals surface area contributed by atoms with Crippen molar-refractivity contribution in [3.8, 4) is 0 Å². The summed E-state index contributed by atoms with van der Waals surface area (Å²) in [6.45, 7) is -0.0466. The second-order valence-electron chi connectivity index (χ2n) is 4.52. The summed E-state index contributed by atoms with van der Waals surface area (Å²) in [6, 6.07) is 1.81. The van der Waals surface area contributed by atoms with Gasteiger partial charge in [-0.25, -0.2) is 0 Å². The van der Waals surface area contributed by atoms with Crippen LogP contribution in [-0.2, 0) is 20.9 Å². The quantitative estimate of drug-likeness (QED) is 0.775. The zero-order chi connectivity index (χ0) is 12.3. The number of aromatic nitrogens is 1. The normalized spacial score (nSPS) is 18.4. The molecule has 0 aromatic carbocycles. The van der Waals surface area contributed by atoms with Crippen molar-refractivity contribution in [3.05, 3.63) is 17.5 Å². The van der Waals surface area contributed by atoms with Crippen LogP contribution >= 0.6 is 0 Å². The first-order valence-corrected chi connectivity index (χ1v) is 7.66. The van der Waals surface area contributed by atoms with E-state index in [0.717, 1.165) is 24.9 Å². The van der Waals surface area contributed by atoms with Crippen LogP contribution in [-0.4, -0.2) is 19.8 Å². The third-order valence-corrected chi connectivity index (χ3v) is 3.55. The zero-order valence-electron chi connectivity index (χ0n) is 9.89. The van der Waals surface area contributed by atoms with Crippen LogP contribution in [0.3, 0.4) is 0 Å². The molecule has 1 aliphatic rings. The Morgan fingerprint density at radius 1 is 1.41 bits per heavy atom. The maximum atomic E-state index is 10.8. The average molecular weight is 259 g/mol. The van der Waals surface area contributed by atoms with Crippen LogP contribution in [0.1, 0.15) is 49.5 Å². The maximum absolute atomic E-state index is 10.8. The molecular formula is C11H17NO4S. The number of hydrogen-bond acceptors (Lipinski definition) is 5. The molecule has 1 aromatic heterocycles. The molecule has 1 aliphatic carbocycles. The molecule has 0 aliphatic heterocycles. The first kappa shape index (κ1) is 12.6. The largest absolute Gasteiger partial charge is 0.361 e. The number of rotatable bonds is 4. The van der Waals surface area contributed by atoms with Gasteiger partial charge in [0.25, 0.3) is 10.1 Å². The van der Waals surface area contributed by atoms with E-state index in [1.54, 1.807) is 6.07 Å². The fourth-order valence-electron chi connectivity index (χ4n) is 2.14. The molecular weight excluding hydrogens is 242 g/mol. The summed E-state index contributed by atoms with van der Waals surface area (Å²) in [5.74, 6) is 1.29. The van der Waals surface area contributed by atoms with Crippen LogP contribution in [0.4, 0.5) is 0 Å². The van der Waals surface area contributed by atoms with Gasteiger partial charge in [0.2, 0.25) is 0 Å². The first-order chi connectivity index (χ1) is 8.04. The third kappa shape index (κ3) is 3.81. The molecule has 6 heteroatoms. The lowest BCUT2D eigenvalue weighted by Crippen LogP contribution is -2.03. The van der Waals surface area contributed by atoms with E-state index in [9.17, 15) is 8.42 Å². The van der Waals surface area contributed by atoms with E-state index in [2.05, 4.69) is 9.34 Å². The lowest BCUT2D eigenvalue weighted by Gasteiger charge is -2.18. The van der Waals surface area contributed by atoms with Crippen LogP contribution in [0.5, 0.6) is 0 Å². The van der Waals surface area contributed by atoms with Crippen molar-refractivity contribution in [3.63, 3.8) is 0 Å². The molecule has 96 valence electrons. The minimum atomic E-state index is -3.42. The van der Waals surface area contributed by atoms with E-state index in [1.165, 1.54) is 19.3 Å². The molecule has 0 amide bonds. The SMILES string of the molecule is CS(=O)(=O)OCc1cc(C2CCCCC2)on1. The fourth-order valence-corrected chi connectivity index (χ4v) is 2.48. The molecule has 2 rings (SSSR count). The van der Waals surface area contributed by atoms with Gasteiger partial charge in [0, 0.05) is 12.0 Å². The Hall–Kier alpha value is -0.880. The Morgan fingerprint density at radius 2 is 2.12 bits per heavy atom. The van der Waals surface area contributed by atoms with Crippen LogP contribution in [0, 0.1) is 0 Å². The molecule has 0 saturated heterocycles. The first-order valence-electron chi connectivity index (χ1n) is 5.84. The standard InChI is InChI=1S/C11H17NO4S/c1-17(13,14)15-8-10-7-11(16-12-10)9-5-3-2-4-6-9/h7,9H,2-6,8H2,1H3. The highest BCUT2D eigenvalue weighted by molar-refractivity contribution is 7.85. The van der Waals surface area contributed by atoms with Gasteiger partial charge >= 0.3 is 0 Å². The predicted octanol–water partition coefficient (Wildman–Crippen LogP) is 2.20. The van der Waals surface area contributed by atoms with Gasteiger partial charge in [-0.15, -0.1) is 0 Å². The molecule has 1 fully saturated rings. The third-order valence-electron chi connectivity index (χ3n) is 3.01. The molecule has 0 N–H and O–H groups in total. The van der Waals surface area contributed by atoms with Crippen LogP contribution < -0.4 is 0 Å². The molecule has 0 radical (unpaired) electrons. The van der Waals surface area contributed by atoms with Crippen molar-refractivity contribution in [1.82, 2.24) is 5.16 Å². The van der Waals surface area contributed by atoms with Gasteiger partial charge in [-0.1, -0.05) is 24.4 Å². The van der Waals surface area contributed by atoms with Gasteiger partial charge < -0.3 is 4.52 Å². The highest BCUT2D eigenvalue weighted by Gasteiger charge is 2.20. The van der Waals surface area contributed by atoms with Crippen LogP contribution in [0.15, 0.2) is 10.6 Å². The zero-order valence-corrected chi connectivity index (χ0v) is 10.7. The molecule has 0 bridgehead atoms. The van der Waals surface area contributed by atoms with Gasteiger partial charge in [0.1, 0.15) is 18.1 Å². The van der Waals surface area contributed by atoms with E-state index in [4.69, 9.17) is 4.52 Å². The van der Waals surface area contributed by atoms with Crippen LogP contribution in [0.25, 0.3) is 0 Å². The summed E-state index contributed by atoms with van der Waals surface area (Å²) in [6.07, 6.45) is 7.01. The number of nitrogens with zero attached hydrogens (tertiary/aromatic N) is 1. The van der Waals surface area contributed by atoms with Crippen molar-refractivity contribution in [1.29, 1.82) is 0 Å². The second kappa shape index (κ2) is 5.18. The van der Waals surface area contributed by atoms with Gasteiger partial charge in [-0.2, -0.15) is 8.42 Å². The molecule has 5 nitrogen and oxygen atoms in total. The lowest BCUT2D eigenvalue weighted by molar-refractivity contribution is 0.285. The van der Waals surface area contributed by atoms with Gasteiger partial charge in [0.05, 0.1) is 6.26 Å². The van der Waals surface area contributed by atoms with Gasteiger partial charge in [-0.3, -0.25) is 4.18 Å². The van der Waals surface area contributed by atoms with Crippen molar-refractivity contribution in [2.24, 2.45) is 0 Å². The topological polar surface area (TPSA) is 69.4 Å². The molecule has 0 unspecified atom stereocenters. The van der Waals surface area contributed by atoms with E-state index in [1.807, 2.05) is 0 Å². The summed E-state index contributed by atoms with van der Waals surface area (Å²) in [7, 11) is -3.42. The van der Waals surface area contributed by atoms with E-state index in [0.29, 0.717) is 11.6 Å². The highest BCUT2D eigenvalue weighted by atomic mass is 32.2. The Labute approximate surface area is 101 Å². The Morgan fingerprint density at radius 3 is 2.76 bits per heavy atom. The van der Waals surface area contributed by atoms with Gasteiger partial charge in [-0.05, 0) is 12.8 Å². The van der Waals surface area contributed by atoms with Crippen molar-refractivity contribution >= 4 is 10.1 Å². The lowest BCUT2D eigenvalue weighted by atomic mass is 9.87. The fraction of sp³-hybridized carbons (Fsp3) is 0.727.